The minimum Gasteiger partial charge on any atom is -0.398 e. The molecule has 2 amide bonds. The van der Waals surface area contributed by atoms with E-state index in [-0.39, 0.29) is 17.7 Å². The lowest BCUT2D eigenvalue weighted by molar-refractivity contribution is -0.133. The number of carbonyl (C=O) groups excluding carboxylic acids is 2. The highest BCUT2D eigenvalue weighted by Crippen LogP contribution is 2.52. The molecular formula is C20H24N2O2. The summed E-state index contributed by atoms with van der Waals surface area (Å²) in [5.41, 5.74) is 11.1. The molecule has 0 bridgehead atoms. The number of piperidine rings is 1. The van der Waals surface area contributed by atoms with E-state index in [1.54, 1.807) is 0 Å². The van der Waals surface area contributed by atoms with Crippen LogP contribution in [0.25, 0.3) is 5.57 Å². The van der Waals surface area contributed by atoms with Gasteiger partial charge in [-0.2, -0.15) is 0 Å². The molecule has 126 valence electrons. The largest absolute Gasteiger partial charge is 0.398 e. The van der Waals surface area contributed by atoms with Crippen LogP contribution in [0.4, 0.5) is 5.69 Å². The Balaban J connectivity index is 1.60. The predicted octanol–water partition coefficient (Wildman–Crippen LogP) is 3.53. The van der Waals surface area contributed by atoms with Gasteiger partial charge in [-0.3, -0.25) is 14.9 Å². The maximum atomic E-state index is 11.7. The average molecular weight is 324 g/mol. The topological polar surface area (TPSA) is 72.2 Å². The summed E-state index contributed by atoms with van der Waals surface area (Å²) in [5, 5.41) is 2.38. The third-order valence-corrected chi connectivity index (χ3v) is 6.16. The van der Waals surface area contributed by atoms with Crippen LogP contribution in [0.15, 0.2) is 24.3 Å². The Morgan fingerprint density at radius 1 is 1.08 bits per heavy atom. The summed E-state index contributed by atoms with van der Waals surface area (Å²) in [5.74, 6) is -0.398. The molecule has 0 aromatic heterocycles. The Bertz CT molecular complexity index is 715. The van der Waals surface area contributed by atoms with Crippen LogP contribution in [-0.2, 0) is 9.59 Å². The smallest absolute Gasteiger partial charge is 0.227 e. The maximum Gasteiger partial charge on any atom is 0.227 e. The molecular weight excluding hydrogens is 300 g/mol. The zero-order valence-corrected chi connectivity index (χ0v) is 13.9. The van der Waals surface area contributed by atoms with Gasteiger partial charge in [-0.1, -0.05) is 18.6 Å². The molecule has 4 heteroatoms. The highest BCUT2D eigenvalue weighted by molar-refractivity contribution is 5.98. The van der Waals surface area contributed by atoms with Crippen molar-refractivity contribution in [2.24, 2.45) is 5.41 Å². The van der Waals surface area contributed by atoms with E-state index in [0.29, 0.717) is 18.3 Å². The molecule has 1 saturated heterocycles. The summed E-state index contributed by atoms with van der Waals surface area (Å²) in [6.45, 7) is 0. The van der Waals surface area contributed by atoms with Crippen LogP contribution in [0.1, 0.15) is 68.4 Å². The zero-order valence-electron chi connectivity index (χ0n) is 13.9. The van der Waals surface area contributed by atoms with E-state index < -0.39 is 0 Å². The quantitative estimate of drug-likeness (QED) is 0.646. The van der Waals surface area contributed by atoms with Gasteiger partial charge in [-0.15, -0.1) is 0 Å². The van der Waals surface area contributed by atoms with Crippen LogP contribution in [0, 0.1) is 5.41 Å². The van der Waals surface area contributed by atoms with Gasteiger partial charge in [0.25, 0.3) is 0 Å². The molecule has 4 rings (SSSR count). The lowest BCUT2D eigenvalue weighted by Gasteiger charge is -2.44. The Labute approximate surface area is 142 Å². The summed E-state index contributed by atoms with van der Waals surface area (Å²) >= 11 is 0. The van der Waals surface area contributed by atoms with Crippen LogP contribution >= 0.6 is 0 Å². The SMILES string of the molecule is Nc1ccc(C2CC(=O)NC(=O)C2)cc1C1=CCC2(CCC2)CC1. The van der Waals surface area contributed by atoms with Crippen molar-refractivity contribution in [2.75, 3.05) is 5.73 Å². The third kappa shape index (κ3) is 2.74. The normalized spacial score (nSPS) is 23.6. The molecule has 4 nitrogen and oxygen atoms in total. The third-order valence-electron chi connectivity index (χ3n) is 6.16. The number of anilines is 1. The molecule has 0 atom stereocenters. The Morgan fingerprint density at radius 2 is 1.83 bits per heavy atom. The Kier molecular flexibility index (Phi) is 3.70. The number of amides is 2. The van der Waals surface area contributed by atoms with Gasteiger partial charge in [0.2, 0.25) is 11.8 Å². The van der Waals surface area contributed by atoms with Crippen molar-refractivity contribution in [1.29, 1.82) is 0 Å². The molecule has 1 heterocycles. The summed E-state index contributed by atoms with van der Waals surface area (Å²) in [6, 6.07) is 6.00. The van der Waals surface area contributed by atoms with E-state index in [1.807, 2.05) is 12.1 Å². The second kappa shape index (κ2) is 5.76. The highest BCUT2D eigenvalue weighted by Gasteiger charge is 2.37. The number of rotatable bonds is 2. The first-order chi connectivity index (χ1) is 11.5. The molecule has 2 fully saturated rings. The number of carbonyl (C=O) groups is 2. The monoisotopic (exact) mass is 324 g/mol. The molecule has 2 aliphatic carbocycles. The van der Waals surface area contributed by atoms with Crippen molar-refractivity contribution < 1.29 is 9.59 Å². The van der Waals surface area contributed by atoms with Crippen molar-refractivity contribution in [2.45, 2.75) is 57.3 Å². The first-order valence-electron chi connectivity index (χ1n) is 8.96. The van der Waals surface area contributed by atoms with E-state index >= 15 is 0 Å². The molecule has 1 spiro atoms. The van der Waals surface area contributed by atoms with Crippen molar-refractivity contribution in [3.8, 4) is 0 Å². The van der Waals surface area contributed by atoms with Crippen LogP contribution in [0.2, 0.25) is 0 Å². The van der Waals surface area contributed by atoms with Gasteiger partial charge >= 0.3 is 0 Å². The van der Waals surface area contributed by atoms with Crippen LogP contribution < -0.4 is 11.1 Å². The van der Waals surface area contributed by atoms with E-state index in [0.717, 1.165) is 29.7 Å². The molecule has 3 N–H and O–H groups in total. The van der Waals surface area contributed by atoms with E-state index in [9.17, 15) is 9.59 Å². The molecule has 1 aromatic rings. The van der Waals surface area contributed by atoms with Gasteiger partial charge in [0.1, 0.15) is 0 Å². The zero-order chi connectivity index (χ0) is 16.7. The van der Waals surface area contributed by atoms with Crippen molar-refractivity contribution in [1.82, 2.24) is 5.32 Å². The molecule has 1 aromatic carbocycles. The fourth-order valence-electron chi connectivity index (χ4n) is 4.44. The molecule has 0 unspecified atom stereocenters. The van der Waals surface area contributed by atoms with Crippen LogP contribution in [0.5, 0.6) is 0 Å². The van der Waals surface area contributed by atoms with Gasteiger partial charge < -0.3 is 5.73 Å². The molecule has 3 aliphatic rings. The first-order valence-corrected chi connectivity index (χ1v) is 8.96. The number of nitrogens with one attached hydrogen (secondary N) is 1. The van der Waals surface area contributed by atoms with Gasteiger partial charge in [0.15, 0.2) is 0 Å². The Morgan fingerprint density at radius 3 is 2.42 bits per heavy atom. The number of imide groups is 1. The standard InChI is InChI=1S/C20H24N2O2/c21-17-3-2-14(15-11-18(23)22-19(24)12-15)10-16(17)13-4-8-20(9-5-13)6-1-7-20/h2-4,10,15H,1,5-9,11-12,21H2,(H,22,23,24). The maximum absolute atomic E-state index is 11.7. The van der Waals surface area contributed by atoms with Gasteiger partial charge in [0, 0.05) is 30.0 Å². The van der Waals surface area contributed by atoms with E-state index in [2.05, 4.69) is 17.5 Å². The summed E-state index contributed by atoms with van der Waals surface area (Å²) < 4.78 is 0. The second-order valence-corrected chi connectivity index (χ2v) is 7.71. The lowest BCUT2D eigenvalue weighted by Crippen LogP contribution is -2.37. The number of hydrogen-bond donors (Lipinski definition) is 2. The van der Waals surface area contributed by atoms with Crippen molar-refractivity contribution >= 4 is 23.1 Å². The fourth-order valence-corrected chi connectivity index (χ4v) is 4.44. The number of allylic oxidation sites excluding steroid dienone is 2. The predicted molar refractivity (Wildman–Crippen MR) is 94.1 cm³/mol. The molecule has 1 saturated carbocycles. The lowest BCUT2D eigenvalue weighted by atomic mass is 9.61. The van der Waals surface area contributed by atoms with E-state index in [1.165, 1.54) is 31.3 Å². The van der Waals surface area contributed by atoms with Crippen molar-refractivity contribution in [3.05, 3.63) is 35.4 Å². The van der Waals surface area contributed by atoms with E-state index in [4.69, 9.17) is 5.73 Å². The average Bonchev–Trinajstić information content (AvgIpc) is 2.53. The summed E-state index contributed by atoms with van der Waals surface area (Å²) in [6.07, 6.45) is 10.7. The number of nitrogen functional groups attached to an aromatic ring is 1. The fraction of sp³-hybridized carbons (Fsp3) is 0.500. The van der Waals surface area contributed by atoms with Gasteiger partial charge in [-0.25, -0.2) is 0 Å². The van der Waals surface area contributed by atoms with Gasteiger partial charge in [0.05, 0.1) is 0 Å². The van der Waals surface area contributed by atoms with Crippen molar-refractivity contribution in [3.63, 3.8) is 0 Å². The van der Waals surface area contributed by atoms with Crippen LogP contribution in [0.3, 0.4) is 0 Å². The summed E-state index contributed by atoms with van der Waals surface area (Å²) in [7, 11) is 0. The number of benzene rings is 1. The minimum absolute atomic E-state index is 0.0345. The Hall–Kier alpha value is -2.10. The molecule has 0 radical (unpaired) electrons. The van der Waals surface area contributed by atoms with Gasteiger partial charge in [-0.05, 0) is 60.8 Å². The highest BCUT2D eigenvalue weighted by atomic mass is 16.2. The molecule has 24 heavy (non-hydrogen) atoms. The summed E-state index contributed by atoms with van der Waals surface area (Å²) in [4.78, 5) is 23.3. The number of nitrogens with two attached hydrogens (primary N) is 1. The first kappa shape index (κ1) is 15.4. The minimum atomic E-state index is -0.182. The number of hydrogen-bond acceptors (Lipinski definition) is 3. The second-order valence-electron chi connectivity index (χ2n) is 7.71. The molecule has 1 aliphatic heterocycles. The van der Waals surface area contributed by atoms with Crippen LogP contribution in [-0.4, -0.2) is 11.8 Å².